The molecule has 2 rings (SSSR count). The van der Waals surface area contributed by atoms with Crippen molar-refractivity contribution < 1.29 is 19.0 Å². The Labute approximate surface area is 123 Å². The second-order valence-electron chi connectivity index (χ2n) is 4.87. The monoisotopic (exact) mass is 288 g/mol. The van der Waals surface area contributed by atoms with Crippen molar-refractivity contribution in [2.75, 3.05) is 0 Å². The van der Waals surface area contributed by atoms with E-state index in [1.54, 1.807) is 31.2 Å². The normalized spacial score (nSPS) is 13.4. The smallest absolute Gasteiger partial charge is 0.338 e. The van der Waals surface area contributed by atoms with Crippen LogP contribution in [0.4, 0.5) is 4.39 Å². The molecule has 0 aromatic heterocycles. The van der Waals surface area contributed by atoms with E-state index >= 15 is 0 Å². The van der Waals surface area contributed by atoms with Gasteiger partial charge in [-0.25, -0.2) is 9.18 Å². The SMILES string of the molecule is CC(c1ccc(OCc2ccccc2)cc1)C(F)C(=O)O. The Hall–Kier alpha value is -2.36. The third-order valence-electron chi connectivity index (χ3n) is 3.33. The van der Waals surface area contributed by atoms with E-state index in [0.717, 1.165) is 5.56 Å². The highest BCUT2D eigenvalue weighted by Crippen LogP contribution is 2.24. The van der Waals surface area contributed by atoms with E-state index < -0.39 is 18.1 Å². The standard InChI is InChI=1S/C17H17FO3/c1-12(16(18)17(19)20)14-7-9-15(10-8-14)21-11-13-5-3-2-4-6-13/h2-10,12,16H,11H2,1H3,(H,19,20). The highest BCUT2D eigenvalue weighted by atomic mass is 19.1. The van der Waals surface area contributed by atoms with Gasteiger partial charge in [0.15, 0.2) is 0 Å². The molecule has 0 aliphatic carbocycles. The Balaban J connectivity index is 1.97. The molecule has 2 aromatic carbocycles. The number of ether oxygens (including phenoxy) is 1. The Morgan fingerprint density at radius 2 is 1.76 bits per heavy atom. The molecule has 4 heteroatoms. The Bertz CT molecular complexity index is 581. The topological polar surface area (TPSA) is 46.5 Å². The van der Waals surface area contributed by atoms with Crippen LogP contribution in [-0.2, 0) is 11.4 Å². The maximum atomic E-state index is 13.4. The van der Waals surface area contributed by atoms with E-state index in [9.17, 15) is 9.18 Å². The maximum Gasteiger partial charge on any atom is 0.338 e. The average Bonchev–Trinajstić information content (AvgIpc) is 2.53. The minimum atomic E-state index is -1.90. The molecule has 0 fully saturated rings. The molecule has 0 spiro atoms. The van der Waals surface area contributed by atoms with Gasteiger partial charge in [0, 0.05) is 5.92 Å². The molecule has 21 heavy (non-hydrogen) atoms. The fourth-order valence-corrected chi connectivity index (χ4v) is 1.99. The van der Waals surface area contributed by atoms with Gasteiger partial charge in [0.25, 0.3) is 0 Å². The molecule has 2 unspecified atom stereocenters. The van der Waals surface area contributed by atoms with Crippen LogP contribution in [0.1, 0.15) is 24.0 Å². The summed E-state index contributed by atoms with van der Waals surface area (Å²) in [6, 6.07) is 16.6. The summed E-state index contributed by atoms with van der Waals surface area (Å²) in [5.41, 5.74) is 1.70. The molecule has 2 atom stereocenters. The number of hydrogen-bond acceptors (Lipinski definition) is 2. The van der Waals surface area contributed by atoms with Crippen LogP contribution in [0.3, 0.4) is 0 Å². The number of rotatable bonds is 6. The van der Waals surface area contributed by atoms with E-state index in [-0.39, 0.29) is 0 Å². The highest BCUT2D eigenvalue weighted by molar-refractivity contribution is 5.73. The third-order valence-corrected chi connectivity index (χ3v) is 3.33. The van der Waals surface area contributed by atoms with E-state index in [1.807, 2.05) is 30.3 Å². The predicted molar refractivity (Wildman–Crippen MR) is 78.2 cm³/mol. The van der Waals surface area contributed by atoms with Gasteiger partial charge in [-0.2, -0.15) is 0 Å². The second kappa shape index (κ2) is 6.88. The number of hydrogen-bond donors (Lipinski definition) is 1. The van der Waals surface area contributed by atoms with Crippen molar-refractivity contribution in [3.8, 4) is 5.75 Å². The summed E-state index contributed by atoms with van der Waals surface area (Å²) < 4.78 is 19.1. The van der Waals surface area contributed by atoms with Gasteiger partial charge in [0.2, 0.25) is 6.17 Å². The van der Waals surface area contributed by atoms with Crippen LogP contribution in [0.2, 0.25) is 0 Å². The molecule has 0 radical (unpaired) electrons. The van der Waals surface area contributed by atoms with E-state index in [4.69, 9.17) is 9.84 Å². The quantitative estimate of drug-likeness (QED) is 0.879. The average molecular weight is 288 g/mol. The Morgan fingerprint density at radius 1 is 1.14 bits per heavy atom. The molecular weight excluding hydrogens is 271 g/mol. The lowest BCUT2D eigenvalue weighted by molar-refractivity contribution is -0.143. The van der Waals surface area contributed by atoms with Crippen LogP contribution < -0.4 is 4.74 Å². The van der Waals surface area contributed by atoms with Gasteiger partial charge in [0.1, 0.15) is 12.4 Å². The molecule has 0 aliphatic rings. The van der Waals surface area contributed by atoms with Crippen LogP contribution in [0.25, 0.3) is 0 Å². The molecule has 0 amide bonds. The molecule has 0 saturated carbocycles. The minimum Gasteiger partial charge on any atom is -0.489 e. The number of carbonyl (C=O) groups is 1. The van der Waals surface area contributed by atoms with Crippen molar-refractivity contribution in [3.63, 3.8) is 0 Å². The Morgan fingerprint density at radius 3 is 2.33 bits per heavy atom. The fourth-order valence-electron chi connectivity index (χ4n) is 1.99. The highest BCUT2D eigenvalue weighted by Gasteiger charge is 2.25. The first-order chi connectivity index (χ1) is 10.1. The van der Waals surface area contributed by atoms with Crippen LogP contribution in [-0.4, -0.2) is 17.2 Å². The summed E-state index contributed by atoms with van der Waals surface area (Å²) in [6.45, 7) is 2.01. The van der Waals surface area contributed by atoms with Gasteiger partial charge in [-0.05, 0) is 23.3 Å². The van der Waals surface area contributed by atoms with Crippen molar-refractivity contribution in [1.82, 2.24) is 0 Å². The molecular formula is C17H17FO3. The van der Waals surface area contributed by atoms with E-state index in [0.29, 0.717) is 17.9 Å². The summed E-state index contributed by atoms with van der Waals surface area (Å²) in [5.74, 6) is -1.46. The van der Waals surface area contributed by atoms with Crippen molar-refractivity contribution in [3.05, 3.63) is 65.7 Å². The van der Waals surface area contributed by atoms with Crippen LogP contribution >= 0.6 is 0 Å². The minimum absolute atomic E-state index is 0.455. The molecule has 1 N–H and O–H groups in total. The number of benzene rings is 2. The van der Waals surface area contributed by atoms with Gasteiger partial charge < -0.3 is 9.84 Å². The van der Waals surface area contributed by atoms with Gasteiger partial charge in [-0.1, -0.05) is 49.4 Å². The van der Waals surface area contributed by atoms with Gasteiger partial charge in [-0.3, -0.25) is 0 Å². The first kappa shape index (κ1) is 15.0. The maximum absolute atomic E-state index is 13.4. The molecule has 0 aliphatic heterocycles. The van der Waals surface area contributed by atoms with Crippen molar-refractivity contribution >= 4 is 5.97 Å². The molecule has 2 aromatic rings. The number of carboxylic acid groups (broad SMARTS) is 1. The predicted octanol–water partition coefficient (Wildman–Crippen LogP) is 3.79. The largest absolute Gasteiger partial charge is 0.489 e. The zero-order chi connectivity index (χ0) is 15.2. The summed E-state index contributed by atoms with van der Waals surface area (Å²) >= 11 is 0. The lowest BCUT2D eigenvalue weighted by atomic mass is 9.96. The van der Waals surface area contributed by atoms with Crippen molar-refractivity contribution in [2.24, 2.45) is 0 Å². The molecule has 110 valence electrons. The second-order valence-corrected chi connectivity index (χ2v) is 4.87. The first-order valence-electron chi connectivity index (χ1n) is 6.71. The summed E-state index contributed by atoms with van der Waals surface area (Å²) in [6.07, 6.45) is -1.90. The first-order valence-corrected chi connectivity index (χ1v) is 6.71. The van der Waals surface area contributed by atoms with Crippen LogP contribution in [0.5, 0.6) is 5.75 Å². The zero-order valence-corrected chi connectivity index (χ0v) is 11.7. The number of halogens is 1. The lowest BCUT2D eigenvalue weighted by Crippen LogP contribution is -2.21. The number of carboxylic acids is 1. The van der Waals surface area contributed by atoms with Gasteiger partial charge >= 0.3 is 5.97 Å². The van der Waals surface area contributed by atoms with Crippen molar-refractivity contribution in [1.29, 1.82) is 0 Å². The van der Waals surface area contributed by atoms with Crippen LogP contribution in [0.15, 0.2) is 54.6 Å². The zero-order valence-electron chi connectivity index (χ0n) is 11.7. The van der Waals surface area contributed by atoms with Crippen LogP contribution in [0, 0.1) is 0 Å². The molecule has 3 nitrogen and oxygen atoms in total. The third kappa shape index (κ3) is 4.05. The number of aliphatic carboxylic acids is 1. The summed E-state index contributed by atoms with van der Waals surface area (Å²) in [4.78, 5) is 10.6. The van der Waals surface area contributed by atoms with Gasteiger partial charge in [-0.15, -0.1) is 0 Å². The van der Waals surface area contributed by atoms with E-state index in [1.165, 1.54) is 0 Å². The number of alkyl halides is 1. The van der Waals surface area contributed by atoms with E-state index in [2.05, 4.69) is 0 Å². The van der Waals surface area contributed by atoms with Gasteiger partial charge in [0.05, 0.1) is 0 Å². The van der Waals surface area contributed by atoms with Crippen molar-refractivity contribution in [2.45, 2.75) is 25.6 Å². The Kier molecular flexibility index (Phi) is 4.93. The summed E-state index contributed by atoms with van der Waals surface area (Å²) in [5, 5.41) is 8.68. The lowest BCUT2D eigenvalue weighted by Gasteiger charge is -2.14. The summed E-state index contributed by atoms with van der Waals surface area (Å²) in [7, 11) is 0. The fraction of sp³-hybridized carbons (Fsp3) is 0.235. The molecule has 0 bridgehead atoms. The molecule has 0 saturated heterocycles. The molecule has 0 heterocycles.